The topological polar surface area (TPSA) is 64.3 Å². The molecule has 0 saturated heterocycles. The number of aliphatic hydroxyl groups excluding tert-OH is 1. The van der Waals surface area contributed by atoms with E-state index in [1.807, 2.05) is 0 Å². The molecule has 5 heteroatoms. The number of methoxy groups -OCH3 is 1. The molecule has 5 nitrogen and oxygen atoms in total. The minimum absolute atomic E-state index is 0.112. The van der Waals surface area contributed by atoms with Gasteiger partial charge >= 0.3 is 0 Å². The zero-order chi connectivity index (χ0) is 11.5. The second-order valence-electron chi connectivity index (χ2n) is 4.07. The van der Waals surface area contributed by atoms with Crippen LogP contribution in [0.2, 0.25) is 0 Å². The monoisotopic (exact) mass is 224 g/mol. The second-order valence-corrected chi connectivity index (χ2v) is 4.07. The van der Waals surface area contributed by atoms with Gasteiger partial charge in [0.05, 0.1) is 6.04 Å². The van der Waals surface area contributed by atoms with Crippen molar-refractivity contribution in [1.82, 2.24) is 9.78 Å². The Kier molecular flexibility index (Phi) is 3.36. The Morgan fingerprint density at radius 2 is 2.19 bits per heavy atom. The average Bonchev–Trinajstić information content (AvgIpc) is 2.82. The molecule has 1 N–H and O–H groups in total. The fourth-order valence-electron chi connectivity index (χ4n) is 2.10. The van der Waals surface area contributed by atoms with Gasteiger partial charge in [0.1, 0.15) is 5.69 Å². The quantitative estimate of drug-likeness (QED) is 0.778. The summed E-state index contributed by atoms with van der Waals surface area (Å²) >= 11 is 0. The minimum Gasteiger partial charge on any atom is -0.363 e. The molecular formula is C11H16N2O3. The molecule has 1 atom stereocenters. The van der Waals surface area contributed by atoms with Crippen LogP contribution in [0.15, 0.2) is 16.9 Å². The van der Waals surface area contributed by atoms with Gasteiger partial charge < -0.3 is 9.84 Å². The molecule has 1 saturated carbocycles. The number of nitrogens with zero attached hydrogens (tertiary/aromatic N) is 2. The van der Waals surface area contributed by atoms with Crippen molar-refractivity contribution >= 4 is 0 Å². The molecular weight excluding hydrogens is 208 g/mol. The molecule has 1 aromatic rings. The molecule has 2 rings (SSSR count). The molecule has 1 unspecified atom stereocenters. The zero-order valence-corrected chi connectivity index (χ0v) is 9.30. The highest BCUT2D eigenvalue weighted by molar-refractivity contribution is 5.02. The standard InChI is InChI=1S/C11H16N2O3/c1-16-11(15)9-6-7-10(14)13(12-9)8-4-2-3-5-8/h6-8,11,15H,2-5H2,1H3. The van der Waals surface area contributed by atoms with Crippen LogP contribution in [0.1, 0.15) is 43.7 Å². The number of aromatic nitrogens is 2. The SMILES string of the molecule is COC(O)c1ccc(=O)n(C2CCCC2)n1. The molecule has 0 bridgehead atoms. The lowest BCUT2D eigenvalue weighted by molar-refractivity contribution is -0.0811. The van der Waals surface area contributed by atoms with E-state index in [1.165, 1.54) is 23.9 Å². The first-order chi connectivity index (χ1) is 7.72. The van der Waals surface area contributed by atoms with Gasteiger partial charge in [0, 0.05) is 13.2 Å². The second kappa shape index (κ2) is 4.76. The van der Waals surface area contributed by atoms with E-state index in [-0.39, 0.29) is 11.6 Å². The highest BCUT2D eigenvalue weighted by Crippen LogP contribution is 2.27. The predicted molar refractivity (Wildman–Crippen MR) is 58.0 cm³/mol. The third kappa shape index (κ3) is 2.15. The van der Waals surface area contributed by atoms with E-state index < -0.39 is 6.29 Å². The first-order valence-corrected chi connectivity index (χ1v) is 5.53. The molecule has 88 valence electrons. The summed E-state index contributed by atoms with van der Waals surface area (Å²) in [5, 5.41) is 13.6. The predicted octanol–water partition coefficient (Wildman–Crippen LogP) is 0.996. The van der Waals surface area contributed by atoms with E-state index in [0.717, 1.165) is 25.7 Å². The zero-order valence-electron chi connectivity index (χ0n) is 9.30. The van der Waals surface area contributed by atoms with Crippen LogP contribution < -0.4 is 5.56 Å². The summed E-state index contributed by atoms with van der Waals surface area (Å²) in [4.78, 5) is 11.6. The van der Waals surface area contributed by atoms with Gasteiger partial charge in [-0.2, -0.15) is 5.10 Å². The van der Waals surface area contributed by atoms with E-state index in [2.05, 4.69) is 5.10 Å². The Hall–Kier alpha value is -1.20. The van der Waals surface area contributed by atoms with E-state index in [1.54, 1.807) is 0 Å². The number of aliphatic hydroxyl groups is 1. The van der Waals surface area contributed by atoms with Gasteiger partial charge in [-0.15, -0.1) is 0 Å². The van der Waals surface area contributed by atoms with Gasteiger partial charge in [0.2, 0.25) is 0 Å². The molecule has 0 amide bonds. The first kappa shape index (κ1) is 11.3. The van der Waals surface area contributed by atoms with Crippen molar-refractivity contribution in [3.8, 4) is 0 Å². The van der Waals surface area contributed by atoms with Crippen molar-refractivity contribution in [3.63, 3.8) is 0 Å². The molecule has 1 fully saturated rings. The lowest BCUT2D eigenvalue weighted by Crippen LogP contribution is -2.27. The summed E-state index contributed by atoms with van der Waals surface area (Å²) in [7, 11) is 1.40. The smallest absolute Gasteiger partial charge is 0.267 e. The molecule has 0 aromatic carbocycles. The highest BCUT2D eigenvalue weighted by atomic mass is 16.6. The van der Waals surface area contributed by atoms with Crippen LogP contribution >= 0.6 is 0 Å². The van der Waals surface area contributed by atoms with Gasteiger partial charge in [-0.05, 0) is 18.9 Å². The molecule has 1 heterocycles. The maximum absolute atomic E-state index is 11.6. The summed E-state index contributed by atoms with van der Waals surface area (Å²) in [5.41, 5.74) is 0.271. The van der Waals surface area contributed by atoms with E-state index in [4.69, 9.17) is 4.74 Å². The largest absolute Gasteiger partial charge is 0.363 e. The van der Waals surface area contributed by atoms with Crippen LogP contribution in [-0.2, 0) is 4.74 Å². The number of ether oxygens (including phenoxy) is 1. The lowest BCUT2D eigenvalue weighted by atomic mass is 10.2. The Bertz CT molecular complexity index is 410. The Balaban J connectivity index is 2.32. The normalized spacial score (nSPS) is 18.9. The Morgan fingerprint density at radius 3 is 2.81 bits per heavy atom. The average molecular weight is 224 g/mol. The molecule has 0 spiro atoms. The number of rotatable bonds is 3. The maximum Gasteiger partial charge on any atom is 0.267 e. The van der Waals surface area contributed by atoms with Crippen molar-refractivity contribution < 1.29 is 9.84 Å². The van der Waals surface area contributed by atoms with Crippen LogP contribution in [-0.4, -0.2) is 22.0 Å². The molecule has 0 aliphatic heterocycles. The summed E-state index contributed by atoms with van der Waals surface area (Å²) in [6.07, 6.45) is 3.18. The van der Waals surface area contributed by atoms with Gasteiger partial charge in [-0.1, -0.05) is 12.8 Å². The summed E-state index contributed by atoms with van der Waals surface area (Å²) in [5.74, 6) is 0. The van der Waals surface area contributed by atoms with Crippen LogP contribution in [0.3, 0.4) is 0 Å². The molecule has 1 aromatic heterocycles. The molecule has 1 aliphatic carbocycles. The van der Waals surface area contributed by atoms with Crippen LogP contribution in [0.5, 0.6) is 0 Å². The van der Waals surface area contributed by atoms with Crippen molar-refractivity contribution in [2.45, 2.75) is 38.0 Å². The summed E-state index contributed by atoms with van der Waals surface area (Å²) in [6, 6.07) is 3.11. The van der Waals surface area contributed by atoms with E-state index in [9.17, 15) is 9.90 Å². The third-order valence-corrected chi connectivity index (χ3v) is 2.99. The Labute approximate surface area is 93.7 Å². The van der Waals surface area contributed by atoms with Crippen LogP contribution in [0.25, 0.3) is 0 Å². The molecule has 1 aliphatic rings. The first-order valence-electron chi connectivity index (χ1n) is 5.53. The fraction of sp³-hybridized carbons (Fsp3) is 0.636. The van der Waals surface area contributed by atoms with Crippen molar-refractivity contribution in [2.24, 2.45) is 0 Å². The number of hydrogen-bond donors (Lipinski definition) is 1. The van der Waals surface area contributed by atoms with Crippen molar-refractivity contribution in [2.75, 3.05) is 7.11 Å². The van der Waals surface area contributed by atoms with Gasteiger partial charge in [-0.3, -0.25) is 4.79 Å². The van der Waals surface area contributed by atoms with Crippen molar-refractivity contribution in [3.05, 3.63) is 28.2 Å². The minimum atomic E-state index is -1.06. The van der Waals surface area contributed by atoms with Gasteiger partial charge in [0.25, 0.3) is 5.56 Å². The Morgan fingerprint density at radius 1 is 1.50 bits per heavy atom. The van der Waals surface area contributed by atoms with Gasteiger partial charge in [-0.25, -0.2) is 4.68 Å². The molecule has 0 radical (unpaired) electrons. The van der Waals surface area contributed by atoms with E-state index >= 15 is 0 Å². The van der Waals surface area contributed by atoms with Crippen LogP contribution in [0.4, 0.5) is 0 Å². The lowest BCUT2D eigenvalue weighted by Gasteiger charge is -2.14. The third-order valence-electron chi connectivity index (χ3n) is 2.99. The van der Waals surface area contributed by atoms with Crippen LogP contribution in [0, 0.1) is 0 Å². The van der Waals surface area contributed by atoms with E-state index in [0.29, 0.717) is 5.69 Å². The molecule has 16 heavy (non-hydrogen) atoms. The fourth-order valence-corrected chi connectivity index (χ4v) is 2.10. The highest BCUT2D eigenvalue weighted by Gasteiger charge is 2.20. The summed E-state index contributed by atoms with van der Waals surface area (Å²) < 4.78 is 6.25. The number of hydrogen-bond acceptors (Lipinski definition) is 4. The maximum atomic E-state index is 11.6. The van der Waals surface area contributed by atoms with Gasteiger partial charge in [0.15, 0.2) is 6.29 Å². The van der Waals surface area contributed by atoms with Crippen molar-refractivity contribution in [1.29, 1.82) is 0 Å². The summed E-state index contributed by atoms with van der Waals surface area (Å²) in [6.45, 7) is 0.